The Balaban J connectivity index is 2.07. The summed E-state index contributed by atoms with van der Waals surface area (Å²) >= 11 is 9.24. The van der Waals surface area contributed by atoms with Crippen LogP contribution in [0.3, 0.4) is 0 Å². The number of carbonyl (C=O) groups is 2. The van der Waals surface area contributed by atoms with Gasteiger partial charge in [-0.3, -0.25) is 4.79 Å². The summed E-state index contributed by atoms with van der Waals surface area (Å²) in [5.74, 6) is -0.330. The molecule has 0 bridgehead atoms. The minimum absolute atomic E-state index is 0.185. The molecule has 1 amide bonds. The molecule has 2 rings (SSSR count). The van der Waals surface area contributed by atoms with Gasteiger partial charge in [0.15, 0.2) is 11.9 Å². The number of ether oxygens (including phenoxy) is 1. The van der Waals surface area contributed by atoms with E-state index in [4.69, 9.17) is 20.9 Å². The fraction of sp³-hybridized carbons (Fsp3) is 0.267. The number of aromatic nitrogens is 1. The van der Waals surface area contributed by atoms with Gasteiger partial charge in [0.1, 0.15) is 5.76 Å². The zero-order valence-corrected chi connectivity index (χ0v) is 14.8. The zero-order chi connectivity index (χ0) is 17.0. The highest BCUT2D eigenvalue weighted by molar-refractivity contribution is 9.10. The number of anilines is 1. The molecule has 8 heteroatoms. The largest absolute Gasteiger partial charge is 0.449 e. The molecule has 0 saturated heterocycles. The fourth-order valence-corrected chi connectivity index (χ4v) is 2.36. The van der Waals surface area contributed by atoms with Crippen molar-refractivity contribution in [2.75, 3.05) is 5.32 Å². The molecule has 0 aliphatic rings. The van der Waals surface area contributed by atoms with Gasteiger partial charge in [-0.2, -0.15) is 0 Å². The smallest absolute Gasteiger partial charge is 0.340 e. The highest BCUT2D eigenvalue weighted by atomic mass is 79.9. The molecular formula is C15H14BrClN2O4. The van der Waals surface area contributed by atoms with E-state index in [2.05, 4.69) is 26.4 Å². The maximum absolute atomic E-state index is 12.2. The van der Waals surface area contributed by atoms with Crippen LogP contribution < -0.4 is 5.32 Å². The Morgan fingerprint density at radius 2 is 2.17 bits per heavy atom. The summed E-state index contributed by atoms with van der Waals surface area (Å²) in [5.41, 5.74) is 0.185. The van der Waals surface area contributed by atoms with Crippen LogP contribution >= 0.6 is 27.5 Å². The second-order valence-electron chi connectivity index (χ2n) is 4.74. The van der Waals surface area contributed by atoms with Gasteiger partial charge in [0, 0.05) is 10.5 Å². The number of carbonyl (C=O) groups excluding carboxylic acids is 2. The second kappa shape index (κ2) is 7.61. The van der Waals surface area contributed by atoms with Crippen molar-refractivity contribution in [3.05, 3.63) is 45.1 Å². The Hall–Kier alpha value is -1.86. The number of benzene rings is 1. The van der Waals surface area contributed by atoms with Crippen molar-refractivity contribution in [2.45, 2.75) is 26.4 Å². The minimum Gasteiger partial charge on any atom is -0.449 e. The molecule has 0 spiro atoms. The van der Waals surface area contributed by atoms with Crippen molar-refractivity contribution >= 4 is 45.2 Å². The lowest BCUT2D eigenvalue weighted by atomic mass is 10.2. The minimum atomic E-state index is -0.963. The predicted octanol–water partition coefficient (Wildman–Crippen LogP) is 3.97. The van der Waals surface area contributed by atoms with Crippen molar-refractivity contribution in [3.8, 4) is 0 Å². The number of nitrogens with zero attached hydrogens (tertiary/aromatic N) is 1. The molecule has 6 nitrogen and oxygen atoms in total. The molecule has 1 heterocycles. The van der Waals surface area contributed by atoms with Gasteiger partial charge in [0.2, 0.25) is 0 Å². The van der Waals surface area contributed by atoms with Gasteiger partial charge in [-0.1, -0.05) is 39.6 Å². The quantitative estimate of drug-likeness (QED) is 0.767. The number of aryl methyl sites for hydroxylation is 1. The van der Waals surface area contributed by atoms with Gasteiger partial charge < -0.3 is 14.6 Å². The second-order valence-corrected chi connectivity index (χ2v) is 6.06. The monoisotopic (exact) mass is 400 g/mol. The highest BCUT2D eigenvalue weighted by Crippen LogP contribution is 2.22. The summed E-state index contributed by atoms with van der Waals surface area (Å²) in [7, 11) is 0. The zero-order valence-electron chi connectivity index (χ0n) is 12.4. The van der Waals surface area contributed by atoms with Crippen LogP contribution in [-0.4, -0.2) is 23.1 Å². The Kier molecular flexibility index (Phi) is 5.79. The average Bonchev–Trinajstić information content (AvgIpc) is 2.91. The fourth-order valence-electron chi connectivity index (χ4n) is 1.80. The summed E-state index contributed by atoms with van der Waals surface area (Å²) in [6.07, 6.45) is -0.658. The third-order valence-corrected chi connectivity index (χ3v) is 3.76. The predicted molar refractivity (Wildman–Crippen MR) is 88.5 cm³/mol. The van der Waals surface area contributed by atoms with Crippen LogP contribution in [0, 0.1) is 6.92 Å². The number of amides is 1. The van der Waals surface area contributed by atoms with E-state index in [1.165, 1.54) is 6.07 Å². The van der Waals surface area contributed by atoms with Crippen LogP contribution in [0.15, 0.2) is 33.3 Å². The van der Waals surface area contributed by atoms with Gasteiger partial charge in [-0.05, 0) is 31.5 Å². The van der Waals surface area contributed by atoms with E-state index in [0.29, 0.717) is 16.7 Å². The van der Waals surface area contributed by atoms with Gasteiger partial charge in [0.05, 0.1) is 10.6 Å². The van der Waals surface area contributed by atoms with Crippen LogP contribution in [0.5, 0.6) is 0 Å². The topological polar surface area (TPSA) is 81.4 Å². The van der Waals surface area contributed by atoms with Gasteiger partial charge in [-0.25, -0.2) is 4.79 Å². The first kappa shape index (κ1) is 17.5. The molecule has 0 fully saturated rings. The van der Waals surface area contributed by atoms with E-state index < -0.39 is 18.0 Å². The molecule has 122 valence electrons. The van der Waals surface area contributed by atoms with Crippen LogP contribution in [-0.2, 0) is 9.53 Å². The first-order valence-corrected chi connectivity index (χ1v) is 7.98. The normalized spacial score (nSPS) is 11.8. The summed E-state index contributed by atoms with van der Waals surface area (Å²) in [6.45, 7) is 3.43. The van der Waals surface area contributed by atoms with Gasteiger partial charge >= 0.3 is 5.97 Å². The Bertz CT molecular complexity index is 732. The summed E-state index contributed by atoms with van der Waals surface area (Å²) in [5, 5.41) is 6.44. The van der Waals surface area contributed by atoms with E-state index in [0.717, 1.165) is 0 Å². The molecule has 1 aromatic heterocycles. The molecule has 1 N–H and O–H groups in total. The highest BCUT2D eigenvalue weighted by Gasteiger charge is 2.24. The SMILES string of the molecule is CCC(OC(=O)c1cc(Br)ccc1Cl)C(=O)Nc1cc(C)on1. The molecular weight excluding hydrogens is 388 g/mol. The molecule has 0 aliphatic carbocycles. The van der Waals surface area contributed by atoms with Crippen molar-refractivity contribution in [2.24, 2.45) is 0 Å². The van der Waals surface area contributed by atoms with Crippen molar-refractivity contribution < 1.29 is 18.8 Å². The standard InChI is InChI=1S/C15H14BrClN2O4/c1-3-12(14(20)18-13-6-8(2)23-19-13)22-15(21)10-7-9(16)4-5-11(10)17/h4-7,12H,3H2,1-2H3,(H,18,19,20). The van der Waals surface area contributed by atoms with Crippen molar-refractivity contribution in [1.29, 1.82) is 0 Å². The van der Waals surface area contributed by atoms with Crippen LogP contribution in [0.4, 0.5) is 5.82 Å². The Morgan fingerprint density at radius 1 is 1.43 bits per heavy atom. The van der Waals surface area contributed by atoms with Crippen LogP contribution in [0.2, 0.25) is 5.02 Å². The molecule has 0 radical (unpaired) electrons. The maximum Gasteiger partial charge on any atom is 0.340 e. The molecule has 0 saturated carbocycles. The Labute approximate surface area is 146 Å². The lowest BCUT2D eigenvalue weighted by Gasteiger charge is -2.15. The number of hydrogen-bond acceptors (Lipinski definition) is 5. The third kappa shape index (κ3) is 4.56. The van der Waals surface area contributed by atoms with Crippen LogP contribution in [0.25, 0.3) is 0 Å². The first-order valence-electron chi connectivity index (χ1n) is 6.81. The van der Waals surface area contributed by atoms with E-state index in [1.807, 2.05) is 0 Å². The van der Waals surface area contributed by atoms with Crippen LogP contribution in [0.1, 0.15) is 29.5 Å². The lowest BCUT2D eigenvalue weighted by Crippen LogP contribution is -2.32. The average molecular weight is 402 g/mol. The molecule has 2 aromatic rings. The third-order valence-electron chi connectivity index (χ3n) is 2.94. The van der Waals surface area contributed by atoms with Gasteiger partial charge in [0.25, 0.3) is 5.91 Å². The maximum atomic E-state index is 12.2. The molecule has 23 heavy (non-hydrogen) atoms. The van der Waals surface area contributed by atoms with Crippen molar-refractivity contribution in [3.63, 3.8) is 0 Å². The number of rotatable bonds is 5. The molecule has 1 atom stereocenters. The first-order chi connectivity index (χ1) is 10.9. The molecule has 1 aromatic carbocycles. The van der Waals surface area contributed by atoms with E-state index in [9.17, 15) is 9.59 Å². The number of halogens is 2. The number of hydrogen-bond donors (Lipinski definition) is 1. The van der Waals surface area contributed by atoms with E-state index in [1.54, 1.807) is 32.0 Å². The van der Waals surface area contributed by atoms with E-state index in [-0.39, 0.29) is 16.4 Å². The lowest BCUT2D eigenvalue weighted by molar-refractivity contribution is -0.124. The van der Waals surface area contributed by atoms with Gasteiger partial charge in [-0.15, -0.1) is 0 Å². The summed E-state index contributed by atoms with van der Waals surface area (Å²) in [4.78, 5) is 24.4. The van der Waals surface area contributed by atoms with Crippen molar-refractivity contribution in [1.82, 2.24) is 5.16 Å². The summed E-state index contributed by atoms with van der Waals surface area (Å²) in [6, 6.07) is 6.38. The Morgan fingerprint density at radius 3 is 2.78 bits per heavy atom. The molecule has 1 unspecified atom stereocenters. The summed E-state index contributed by atoms with van der Waals surface area (Å²) < 4.78 is 10.8. The molecule has 0 aliphatic heterocycles. The number of nitrogens with one attached hydrogen (secondary N) is 1. The van der Waals surface area contributed by atoms with E-state index >= 15 is 0 Å². The number of esters is 1.